The predicted molar refractivity (Wildman–Crippen MR) is 139 cm³/mol. The first kappa shape index (κ1) is 31.7. The highest BCUT2D eigenvalue weighted by molar-refractivity contribution is 5.85. The van der Waals surface area contributed by atoms with Crippen molar-refractivity contribution in [1.29, 1.82) is 0 Å². The lowest BCUT2D eigenvalue weighted by Gasteiger charge is -2.37. The third kappa shape index (κ3) is 12.1. The number of ether oxygens (including phenoxy) is 2. The van der Waals surface area contributed by atoms with Crippen molar-refractivity contribution in [2.75, 3.05) is 13.7 Å². The Morgan fingerprint density at radius 3 is 2.03 bits per heavy atom. The molecule has 0 saturated heterocycles. The lowest BCUT2D eigenvalue weighted by atomic mass is 9.71. The van der Waals surface area contributed by atoms with Gasteiger partial charge in [0.2, 0.25) is 11.8 Å². The van der Waals surface area contributed by atoms with Crippen molar-refractivity contribution >= 4 is 23.9 Å². The molecule has 0 aromatic rings. The molecule has 9 heteroatoms. The van der Waals surface area contributed by atoms with Gasteiger partial charge in [0, 0.05) is 25.4 Å². The SMILES string of the molecule is COC(=O)[C@@H](NC(=O)CC1(CNC(=O)C[C@H](CC(C)C)NC(=O)OC(C)(C)C)CCCCC1)C(C)C. The van der Waals surface area contributed by atoms with Crippen LogP contribution in [0.3, 0.4) is 0 Å². The standard InChI is InChI=1S/C27H49N3O6/c1-18(2)14-20(29-25(34)36-26(5,6)7)15-21(31)28-17-27(12-10-9-11-13-27)16-22(32)30-23(19(3)4)24(33)35-8/h18-20,23H,9-17H2,1-8H3,(H,28,31)(H,29,34)(H,30,32)/t20-,23-/m0/s1. The first-order chi connectivity index (χ1) is 16.7. The van der Waals surface area contributed by atoms with E-state index in [-0.39, 0.29) is 47.9 Å². The topological polar surface area (TPSA) is 123 Å². The van der Waals surface area contributed by atoms with Gasteiger partial charge in [-0.05, 0) is 57.3 Å². The van der Waals surface area contributed by atoms with E-state index in [0.29, 0.717) is 13.0 Å². The maximum absolute atomic E-state index is 12.9. The number of alkyl carbamates (subject to hydrolysis) is 1. The summed E-state index contributed by atoms with van der Waals surface area (Å²) >= 11 is 0. The van der Waals surface area contributed by atoms with Crippen molar-refractivity contribution in [1.82, 2.24) is 16.0 Å². The zero-order valence-electron chi connectivity index (χ0n) is 23.6. The Morgan fingerprint density at radius 2 is 1.53 bits per heavy atom. The molecule has 0 heterocycles. The van der Waals surface area contributed by atoms with Crippen LogP contribution in [0.4, 0.5) is 4.79 Å². The average Bonchev–Trinajstić information content (AvgIpc) is 2.74. The molecule has 0 spiro atoms. The minimum atomic E-state index is -0.701. The van der Waals surface area contributed by atoms with E-state index < -0.39 is 23.7 Å². The summed E-state index contributed by atoms with van der Waals surface area (Å²) in [4.78, 5) is 50.2. The minimum Gasteiger partial charge on any atom is -0.467 e. The van der Waals surface area contributed by atoms with Crippen molar-refractivity contribution in [3.8, 4) is 0 Å². The molecule has 2 atom stereocenters. The molecule has 36 heavy (non-hydrogen) atoms. The molecule has 0 aromatic heterocycles. The van der Waals surface area contributed by atoms with Crippen molar-refractivity contribution in [2.24, 2.45) is 17.3 Å². The van der Waals surface area contributed by atoms with Crippen molar-refractivity contribution < 1.29 is 28.7 Å². The van der Waals surface area contributed by atoms with Crippen LogP contribution in [-0.2, 0) is 23.9 Å². The lowest BCUT2D eigenvalue weighted by Crippen LogP contribution is -2.49. The van der Waals surface area contributed by atoms with E-state index in [2.05, 4.69) is 16.0 Å². The van der Waals surface area contributed by atoms with Crippen LogP contribution in [0.5, 0.6) is 0 Å². The minimum absolute atomic E-state index is 0.0984. The molecule has 208 valence electrons. The maximum Gasteiger partial charge on any atom is 0.407 e. The summed E-state index contributed by atoms with van der Waals surface area (Å²) < 4.78 is 10.2. The number of rotatable bonds is 12. The number of esters is 1. The van der Waals surface area contributed by atoms with Gasteiger partial charge in [-0.2, -0.15) is 0 Å². The smallest absolute Gasteiger partial charge is 0.407 e. The molecule has 1 aliphatic rings. The average molecular weight is 512 g/mol. The summed E-state index contributed by atoms with van der Waals surface area (Å²) in [6.07, 6.45) is 5.22. The van der Waals surface area contributed by atoms with E-state index in [9.17, 15) is 19.2 Å². The quantitative estimate of drug-likeness (QED) is 0.339. The number of carbonyl (C=O) groups is 4. The van der Waals surface area contributed by atoms with E-state index in [0.717, 1.165) is 32.1 Å². The summed E-state index contributed by atoms with van der Waals surface area (Å²) in [6.45, 7) is 13.6. The molecular formula is C27H49N3O6. The fourth-order valence-corrected chi connectivity index (χ4v) is 4.73. The summed E-state index contributed by atoms with van der Waals surface area (Å²) in [7, 11) is 1.31. The molecule has 1 aliphatic carbocycles. The van der Waals surface area contributed by atoms with Crippen molar-refractivity contribution in [2.45, 2.75) is 118 Å². The number of nitrogens with one attached hydrogen (secondary N) is 3. The van der Waals surface area contributed by atoms with E-state index in [1.165, 1.54) is 7.11 Å². The van der Waals surface area contributed by atoms with Crippen LogP contribution in [0.2, 0.25) is 0 Å². The van der Waals surface area contributed by atoms with Gasteiger partial charge in [0.1, 0.15) is 11.6 Å². The first-order valence-corrected chi connectivity index (χ1v) is 13.3. The molecule has 9 nitrogen and oxygen atoms in total. The Balaban J connectivity index is 2.80. The van der Waals surface area contributed by atoms with E-state index in [1.807, 2.05) is 27.7 Å². The van der Waals surface area contributed by atoms with E-state index in [4.69, 9.17) is 9.47 Å². The van der Waals surface area contributed by atoms with Crippen LogP contribution in [0.1, 0.15) is 99.8 Å². The lowest BCUT2D eigenvalue weighted by molar-refractivity contribution is -0.146. The van der Waals surface area contributed by atoms with Gasteiger partial charge in [0.05, 0.1) is 7.11 Å². The number of carbonyl (C=O) groups excluding carboxylic acids is 4. The van der Waals surface area contributed by atoms with Crippen LogP contribution in [0.15, 0.2) is 0 Å². The van der Waals surface area contributed by atoms with Crippen LogP contribution < -0.4 is 16.0 Å². The fourth-order valence-electron chi connectivity index (χ4n) is 4.73. The van der Waals surface area contributed by atoms with Gasteiger partial charge in [-0.25, -0.2) is 9.59 Å². The highest BCUT2D eigenvalue weighted by Crippen LogP contribution is 2.39. The first-order valence-electron chi connectivity index (χ1n) is 13.3. The Morgan fingerprint density at radius 1 is 0.917 bits per heavy atom. The molecule has 3 N–H and O–H groups in total. The van der Waals surface area contributed by atoms with Gasteiger partial charge in [-0.1, -0.05) is 47.0 Å². The number of hydrogen-bond acceptors (Lipinski definition) is 6. The molecule has 0 bridgehead atoms. The van der Waals surface area contributed by atoms with Crippen LogP contribution in [0.25, 0.3) is 0 Å². The Bertz CT molecular complexity index is 738. The zero-order valence-corrected chi connectivity index (χ0v) is 23.6. The molecule has 1 saturated carbocycles. The molecule has 0 radical (unpaired) electrons. The summed E-state index contributed by atoms with van der Waals surface area (Å²) in [6, 6.07) is -1.05. The van der Waals surface area contributed by atoms with Gasteiger partial charge in [-0.15, -0.1) is 0 Å². The number of amides is 3. The molecule has 0 aliphatic heterocycles. The highest BCUT2D eigenvalue weighted by atomic mass is 16.6. The van der Waals surface area contributed by atoms with E-state index >= 15 is 0 Å². The van der Waals surface area contributed by atoms with Crippen LogP contribution >= 0.6 is 0 Å². The molecule has 0 aromatic carbocycles. The van der Waals surface area contributed by atoms with Crippen molar-refractivity contribution in [3.63, 3.8) is 0 Å². The highest BCUT2D eigenvalue weighted by Gasteiger charge is 2.36. The fraction of sp³-hybridized carbons (Fsp3) is 0.852. The van der Waals surface area contributed by atoms with Gasteiger partial charge >= 0.3 is 12.1 Å². The Hall–Kier alpha value is -2.32. The summed E-state index contributed by atoms with van der Waals surface area (Å²) in [5, 5.41) is 8.70. The van der Waals surface area contributed by atoms with Gasteiger partial charge < -0.3 is 25.4 Å². The number of hydrogen-bond donors (Lipinski definition) is 3. The molecule has 1 rings (SSSR count). The largest absolute Gasteiger partial charge is 0.467 e. The second-order valence-corrected chi connectivity index (χ2v) is 12.0. The third-order valence-corrected chi connectivity index (χ3v) is 6.46. The summed E-state index contributed by atoms with van der Waals surface area (Å²) in [5.41, 5.74) is -0.979. The number of methoxy groups -OCH3 is 1. The normalized spacial score (nSPS) is 17.2. The summed E-state index contributed by atoms with van der Waals surface area (Å²) in [5.74, 6) is -0.650. The zero-order chi connectivity index (χ0) is 27.5. The Kier molecular flexibility index (Phi) is 12.7. The van der Waals surface area contributed by atoms with Crippen molar-refractivity contribution in [3.05, 3.63) is 0 Å². The van der Waals surface area contributed by atoms with E-state index in [1.54, 1.807) is 20.8 Å². The van der Waals surface area contributed by atoms with Crippen LogP contribution in [-0.4, -0.2) is 55.2 Å². The maximum atomic E-state index is 12.9. The second kappa shape index (κ2) is 14.4. The molecule has 1 fully saturated rings. The van der Waals surface area contributed by atoms with Gasteiger partial charge in [-0.3, -0.25) is 9.59 Å². The Labute approximate surface area is 217 Å². The third-order valence-electron chi connectivity index (χ3n) is 6.46. The monoisotopic (exact) mass is 511 g/mol. The van der Waals surface area contributed by atoms with Crippen LogP contribution in [0, 0.1) is 17.3 Å². The molecule has 0 unspecified atom stereocenters. The molecular weight excluding hydrogens is 462 g/mol. The second-order valence-electron chi connectivity index (χ2n) is 12.0. The van der Waals surface area contributed by atoms with Gasteiger partial charge in [0.15, 0.2) is 0 Å². The van der Waals surface area contributed by atoms with Gasteiger partial charge in [0.25, 0.3) is 0 Å². The predicted octanol–water partition coefficient (Wildman–Crippen LogP) is 4.09. The molecule has 3 amide bonds.